The van der Waals surface area contributed by atoms with Crippen LogP contribution >= 0.6 is 0 Å². The van der Waals surface area contributed by atoms with E-state index in [9.17, 15) is 18.3 Å². The number of aryl methyl sites for hydroxylation is 1. The molecule has 0 radical (unpaired) electrons. The minimum absolute atomic E-state index is 0.120. The molecule has 2 aromatic rings. The van der Waals surface area contributed by atoms with Crippen molar-refractivity contribution in [2.45, 2.75) is 57.0 Å². The summed E-state index contributed by atoms with van der Waals surface area (Å²) in [6.45, 7) is 5.91. The van der Waals surface area contributed by atoms with E-state index in [-0.39, 0.29) is 17.1 Å². The molecule has 1 heterocycles. The van der Waals surface area contributed by atoms with Crippen LogP contribution in [0.25, 0.3) is 0 Å². The van der Waals surface area contributed by atoms with Crippen molar-refractivity contribution in [3.8, 4) is 5.75 Å². The first kappa shape index (κ1) is 23.3. The zero-order chi connectivity index (χ0) is 22.8. The van der Waals surface area contributed by atoms with Gasteiger partial charge >= 0.3 is 5.97 Å². The highest BCUT2D eigenvalue weighted by molar-refractivity contribution is 7.91. The molecule has 168 valence electrons. The second-order valence-electron chi connectivity index (χ2n) is 8.98. The van der Waals surface area contributed by atoms with Crippen molar-refractivity contribution in [1.82, 2.24) is 0 Å². The average Bonchev–Trinajstić information content (AvgIpc) is 2.73. The number of aliphatic carboxylic acids is 1. The van der Waals surface area contributed by atoms with Gasteiger partial charge in [-0.2, -0.15) is 0 Å². The van der Waals surface area contributed by atoms with Crippen molar-refractivity contribution in [2.75, 3.05) is 12.4 Å². The molecule has 31 heavy (non-hydrogen) atoms. The number of benzene rings is 2. The molecule has 2 N–H and O–H groups in total. The molecule has 2 atom stereocenters. The Kier molecular flexibility index (Phi) is 6.76. The fourth-order valence-electron chi connectivity index (χ4n) is 4.17. The summed E-state index contributed by atoms with van der Waals surface area (Å²) >= 11 is 0. The lowest BCUT2D eigenvalue weighted by Gasteiger charge is -2.33. The molecule has 3 rings (SSSR count). The second-order valence-corrected chi connectivity index (χ2v) is 10.9. The molecule has 6 nitrogen and oxygen atoms in total. The summed E-state index contributed by atoms with van der Waals surface area (Å²) in [6.07, 6.45) is 0.447. The van der Waals surface area contributed by atoms with Gasteiger partial charge in [-0.3, -0.25) is 4.79 Å². The third-order valence-corrected chi connectivity index (χ3v) is 7.97. The molecular weight excluding hydrogens is 416 g/mol. The number of aliphatic hydroxyl groups excluding tert-OH is 1. The lowest BCUT2D eigenvalue weighted by Crippen LogP contribution is -2.38. The first-order valence-electron chi connectivity index (χ1n) is 10.5. The monoisotopic (exact) mass is 446 g/mol. The fourth-order valence-corrected chi connectivity index (χ4v) is 6.30. The molecule has 1 aliphatic rings. The van der Waals surface area contributed by atoms with Gasteiger partial charge in [0.25, 0.3) is 0 Å². The minimum atomic E-state index is -3.54. The molecule has 0 bridgehead atoms. The highest BCUT2D eigenvalue weighted by atomic mass is 32.2. The maximum atomic E-state index is 13.0. The third-order valence-electron chi connectivity index (χ3n) is 5.81. The molecule has 1 aliphatic heterocycles. The number of sulfone groups is 1. The van der Waals surface area contributed by atoms with Crippen molar-refractivity contribution in [2.24, 2.45) is 5.41 Å². The standard InChI is InChI=1S/C24H30O6S/c1-16-7-12-20-19(14-16)22(23(27)24(2,3)15-31(20,28)29)17-8-10-18(11-9-17)30-13-5-4-6-21(25)26/h7-12,14,22-23,27H,4-6,13,15H2,1-3H3,(H,25,26)/t22-,23-/m1/s1. The number of hydrogen-bond donors (Lipinski definition) is 2. The average molecular weight is 447 g/mol. The van der Waals surface area contributed by atoms with E-state index in [1.54, 1.807) is 38.1 Å². The van der Waals surface area contributed by atoms with Gasteiger partial charge in [0, 0.05) is 17.8 Å². The van der Waals surface area contributed by atoms with E-state index in [0.29, 0.717) is 30.8 Å². The van der Waals surface area contributed by atoms with Crippen LogP contribution in [0.4, 0.5) is 0 Å². The van der Waals surface area contributed by atoms with E-state index < -0.39 is 33.2 Å². The molecular formula is C24H30O6S. The molecule has 0 unspecified atom stereocenters. The number of fused-ring (bicyclic) bond motifs is 1. The van der Waals surface area contributed by atoms with E-state index in [1.165, 1.54) is 0 Å². The van der Waals surface area contributed by atoms with Gasteiger partial charge in [0.05, 0.1) is 23.4 Å². The maximum absolute atomic E-state index is 13.0. The fraction of sp³-hybridized carbons (Fsp3) is 0.458. The van der Waals surface area contributed by atoms with Crippen LogP contribution < -0.4 is 4.74 Å². The van der Waals surface area contributed by atoms with E-state index >= 15 is 0 Å². The lowest BCUT2D eigenvalue weighted by atomic mass is 9.75. The van der Waals surface area contributed by atoms with Crippen LogP contribution in [0.2, 0.25) is 0 Å². The number of ether oxygens (including phenoxy) is 1. The Bertz CT molecular complexity index is 1040. The Labute approximate surface area is 183 Å². The molecule has 0 spiro atoms. The molecule has 0 aliphatic carbocycles. The molecule has 2 aromatic carbocycles. The van der Waals surface area contributed by atoms with Crippen molar-refractivity contribution >= 4 is 15.8 Å². The summed E-state index contributed by atoms with van der Waals surface area (Å²) < 4.78 is 31.8. The zero-order valence-corrected chi connectivity index (χ0v) is 19.0. The lowest BCUT2D eigenvalue weighted by molar-refractivity contribution is -0.137. The van der Waals surface area contributed by atoms with E-state index in [0.717, 1.165) is 11.1 Å². The van der Waals surface area contributed by atoms with Crippen molar-refractivity contribution in [1.29, 1.82) is 0 Å². The Balaban J connectivity index is 1.89. The second kappa shape index (κ2) is 9.01. The predicted octanol–water partition coefficient (Wildman–Crippen LogP) is 3.94. The molecule has 7 heteroatoms. The number of carboxylic acids is 1. The largest absolute Gasteiger partial charge is 0.494 e. The topological polar surface area (TPSA) is 101 Å². The maximum Gasteiger partial charge on any atom is 0.303 e. The highest BCUT2D eigenvalue weighted by Gasteiger charge is 2.44. The van der Waals surface area contributed by atoms with Gasteiger partial charge in [-0.05, 0) is 49.1 Å². The zero-order valence-electron chi connectivity index (χ0n) is 18.2. The Morgan fingerprint density at radius 3 is 2.45 bits per heavy atom. The van der Waals surface area contributed by atoms with Gasteiger partial charge in [-0.25, -0.2) is 8.42 Å². The smallest absolute Gasteiger partial charge is 0.303 e. The molecule has 0 saturated heterocycles. The summed E-state index contributed by atoms with van der Waals surface area (Å²) in [6, 6.07) is 12.6. The molecule has 0 saturated carbocycles. The van der Waals surface area contributed by atoms with Crippen molar-refractivity contribution in [3.63, 3.8) is 0 Å². The number of carbonyl (C=O) groups is 1. The van der Waals surface area contributed by atoms with Crippen molar-refractivity contribution < 1.29 is 28.2 Å². The Morgan fingerprint density at radius 1 is 1.13 bits per heavy atom. The number of carboxylic acid groups (broad SMARTS) is 1. The van der Waals surface area contributed by atoms with Gasteiger partial charge in [-0.1, -0.05) is 43.7 Å². The normalized spacial score (nSPS) is 21.7. The summed E-state index contributed by atoms with van der Waals surface area (Å²) in [4.78, 5) is 10.9. The van der Waals surface area contributed by atoms with Crippen LogP contribution in [0.3, 0.4) is 0 Å². The molecule has 0 amide bonds. The predicted molar refractivity (Wildman–Crippen MR) is 118 cm³/mol. The minimum Gasteiger partial charge on any atom is -0.494 e. The molecule has 0 fully saturated rings. The third kappa shape index (κ3) is 5.28. The number of hydrogen-bond acceptors (Lipinski definition) is 5. The Hall–Kier alpha value is -2.38. The quantitative estimate of drug-likeness (QED) is 0.625. The van der Waals surface area contributed by atoms with Crippen molar-refractivity contribution in [3.05, 3.63) is 59.2 Å². The first-order valence-corrected chi connectivity index (χ1v) is 12.1. The summed E-state index contributed by atoms with van der Waals surface area (Å²) in [5.41, 5.74) is 1.56. The van der Waals surface area contributed by atoms with Crippen LogP contribution in [0.1, 0.15) is 55.7 Å². The van der Waals surface area contributed by atoms with Crippen LogP contribution in [-0.2, 0) is 14.6 Å². The number of aliphatic hydroxyl groups is 1. The first-order chi connectivity index (χ1) is 14.5. The summed E-state index contributed by atoms with van der Waals surface area (Å²) in [7, 11) is -3.54. The molecule has 0 aromatic heterocycles. The Morgan fingerprint density at radius 2 is 1.81 bits per heavy atom. The van der Waals surface area contributed by atoms with Gasteiger partial charge in [0.15, 0.2) is 9.84 Å². The van der Waals surface area contributed by atoms with E-state index in [2.05, 4.69) is 0 Å². The summed E-state index contributed by atoms with van der Waals surface area (Å²) in [5, 5.41) is 20.0. The van der Waals surface area contributed by atoms with Crippen LogP contribution in [0.5, 0.6) is 5.75 Å². The summed E-state index contributed by atoms with van der Waals surface area (Å²) in [5.74, 6) is -0.761. The number of rotatable bonds is 7. The van der Waals surface area contributed by atoms with Gasteiger partial charge in [-0.15, -0.1) is 0 Å². The van der Waals surface area contributed by atoms with Crippen LogP contribution in [0, 0.1) is 12.3 Å². The number of unbranched alkanes of at least 4 members (excludes halogenated alkanes) is 1. The van der Waals surface area contributed by atoms with E-state index in [4.69, 9.17) is 9.84 Å². The SMILES string of the molecule is Cc1ccc2c(c1)[C@@H](c1ccc(OCCCCC(=O)O)cc1)[C@@H](O)C(C)(C)CS2(=O)=O. The van der Waals surface area contributed by atoms with Gasteiger partial charge < -0.3 is 14.9 Å². The highest BCUT2D eigenvalue weighted by Crippen LogP contribution is 2.44. The van der Waals surface area contributed by atoms with Crippen LogP contribution in [-0.4, -0.2) is 43.1 Å². The van der Waals surface area contributed by atoms with Gasteiger partial charge in [0.1, 0.15) is 5.75 Å². The van der Waals surface area contributed by atoms with Crippen LogP contribution in [0.15, 0.2) is 47.4 Å². The van der Waals surface area contributed by atoms with Gasteiger partial charge in [0.2, 0.25) is 0 Å². The van der Waals surface area contributed by atoms with E-state index in [1.807, 2.05) is 25.1 Å².